The first kappa shape index (κ1) is 14.0. The molecule has 0 saturated carbocycles. The summed E-state index contributed by atoms with van der Waals surface area (Å²) in [4.78, 5) is 0. The third kappa shape index (κ3) is 4.05. The number of rotatable bonds is 6. The summed E-state index contributed by atoms with van der Waals surface area (Å²) in [7, 11) is -3.35. The van der Waals surface area contributed by atoms with Gasteiger partial charge in [-0.3, -0.25) is 0 Å². The quantitative estimate of drug-likeness (QED) is 0.804. The second-order valence-electron chi connectivity index (χ2n) is 4.10. The maximum atomic E-state index is 11.8. The molecule has 0 fully saturated rings. The molecule has 0 saturated heterocycles. The van der Waals surface area contributed by atoms with Crippen molar-refractivity contribution in [2.45, 2.75) is 17.1 Å². The highest BCUT2D eigenvalue weighted by Crippen LogP contribution is 2.15. The van der Waals surface area contributed by atoms with Gasteiger partial charge >= 0.3 is 0 Å². The van der Waals surface area contributed by atoms with Gasteiger partial charge in [0.15, 0.2) is 0 Å². The standard InChI is InChI=1S/C13H15NO3S2/c15-12-7-5-11(6-8-12)3-1-9-14-19(16,17)13-4-2-10-18-13/h2,4-8,10,14-15H,1,3,9H2. The molecule has 102 valence electrons. The van der Waals surface area contributed by atoms with Crippen LogP contribution < -0.4 is 4.72 Å². The molecule has 0 unspecified atom stereocenters. The highest BCUT2D eigenvalue weighted by atomic mass is 32.2. The average molecular weight is 297 g/mol. The van der Waals surface area contributed by atoms with Crippen molar-refractivity contribution in [1.29, 1.82) is 0 Å². The lowest BCUT2D eigenvalue weighted by Crippen LogP contribution is -2.24. The number of phenols is 1. The van der Waals surface area contributed by atoms with E-state index in [1.807, 2.05) is 12.1 Å². The first-order valence-electron chi connectivity index (χ1n) is 5.89. The summed E-state index contributed by atoms with van der Waals surface area (Å²) in [5.74, 6) is 0.238. The Hall–Kier alpha value is -1.37. The summed E-state index contributed by atoms with van der Waals surface area (Å²) in [6.45, 7) is 0.404. The Balaban J connectivity index is 1.80. The topological polar surface area (TPSA) is 66.4 Å². The van der Waals surface area contributed by atoms with Crippen molar-refractivity contribution in [2.75, 3.05) is 6.54 Å². The van der Waals surface area contributed by atoms with E-state index in [4.69, 9.17) is 5.11 Å². The van der Waals surface area contributed by atoms with Gasteiger partial charge in [-0.25, -0.2) is 13.1 Å². The van der Waals surface area contributed by atoms with Crippen LogP contribution in [-0.4, -0.2) is 20.1 Å². The van der Waals surface area contributed by atoms with Gasteiger partial charge in [0.1, 0.15) is 9.96 Å². The lowest BCUT2D eigenvalue weighted by molar-refractivity contribution is 0.475. The Morgan fingerprint density at radius 3 is 2.53 bits per heavy atom. The van der Waals surface area contributed by atoms with E-state index < -0.39 is 10.0 Å². The normalized spacial score (nSPS) is 11.6. The van der Waals surface area contributed by atoms with Crippen molar-refractivity contribution in [2.24, 2.45) is 0 Å². The number of phenolic OH excluding ortho intramolecular Hbond substituents is 1. The van der Waals surface area contributed by atoms with Crippen molar-refractivity contribution in [1.82, 2.24) is 4.72 Å². The highest BCUT2D eigenvalue weighted by molar-refractivity contribution is 7.91. The number of nitrogens with one attached hydrogen (secondary N) is 1. The summed E-state index contributed by atoms with van der Waals surface area (Å²) in [6, 6.07) is 10.2. The van der Waals surface area contributed by atoms with Gasteiger partial charge in [-0.15, -0.1) is 11.3 Å². The van der Waals surface area contributed by atoms with E-state index in [0.29, 0.717) is 10.8 Å². The Morgan fingerprint density at radius 1 is 1.16 bits per heavy atom. The molecule has 19 heavy (non-hydrogen) atoms. The third-order valence-corrected chi connectivity index (χ3v) is 5.49. The predicted molar refractivity (Wildman–Crippen MR) is 75.9 cm³/mol. The minimum Gasteiger partial charge on any atom is -0.508 e. The molecule has 0 radical (unpaired) electrons. The van der Waals surface area contributed by atoms with Gasteiger partial charge in [0.25, 0.3) is 0 Å². The molecule has 4 nitrogen and oxygen atoms in total. The van der Waals surface area contributed by atoms with E-state index in [0.717, 1.165) is 18.4 Å². The molecule has 0 aliphatic heterocycles. The predicted octanol–water partition coefficient (Wildman–Crippen LogP) is 2.36. The van der Waals surface area contributed by atoms with Crippen LogP contribution in [0.5, 0.6) is 5.75 Å². The molecule has 0 spiro atoms. The zero-order valence-corrected chi connectivity index (χ0v) is 11.9. The molecular weight excluding hydrogens is 282 g/mol. The van der Waals surface area contributed by atoms with E-state index >= 15 is 0 Å². The SMILES string of the molecule is O=S(=O)(NCCCc1ccc(O)cc1)c1cccs1. The zero-order chi connectivity index (χ0) is 13.7. The number of thiophene rings is 1. The van der Waals surface area contributed by atoms with Crippen LogP contribution in [-0.2, 0) is 16.4 Å². The van der Waals surface area contributed by atoms with Crippen molar-refractivity contribution in [3.8, 4) is 5.75 Å². The summed E-state index contributed by atoms with van der Waals surface area (Å²) < 4.78 is 26.6. The molecule has 0 aliphatic rings. The fourth-order valence-electron chi connectivity index (χ4n) is 1.65. The molecule has 1 aromatic heterocycles. The van der Waals surface area contributed by atoms with Crippen molar-refractivity contribution in [3.63, 3.8) is 0 Å². The van der Waals surface area contributed by atoms with E-state index in [2.05, 4.69) is 4.72 Å². The van der Waals surface area contributed by atoms with Crippen LogP contribution in [0.2, 0.25) is 0 Å². The van der Waals surface area contributed by atoms with Crippen LogP contribution in [0.25, 0.3) is 0 Å². The smallest absolute Gasteiger partial charge is 0.250 e. The molecule has 0 bridgehead atoms. The molecular formula is C13H15NO3S2. The van der Waals surface area contributed by atoms with Crippen molar-refractivity contribution < 1.29 is 13.5 Å². The van der Waals surface area contributed by atoms with Crippen molar-refractivity contribution in [3.05, 3.63) is 47.3 Å². The van der Waals surface area contributed by atoms with Crippen LogP contribution in [0.3, 0.4) is 0 Å². The van der Waals surface area contributed by atoms with Gasteiger partial charge in [-0.2, -0.15) is 0 Å². The van der Waals surface area contributed by atoms with E-state index in [1.54, 1.807) is 29.6 Å². The van der Waals surface area contributed by atoms with Crippen LogP contribution in [0.1, 0.15) is 12.0 Å². The molecule has 2 aromatic rings. The number of aromatic hydroxyl groups is 1. The number of hydrogen-bond donors (Lipinski definition) is 2. The molecule has 0 atom stereocenters. The monoisotopic (exact) mass is 297 g/mol. The fourth-order valence-corrected chi connectivity index (χ4v) is 3.76. The molecule has 2 rings (SSSR count). The van der Waals surface area contributed by atoms with Crippen LogP contribution in [0.4, 0.5) is 0 Å². The van der Waals surface area contributed by atoms with Gasteiger partial charge in [0.05, 0.1) is 0 Å². The van der Waals surface area contributed by atoms with Gasteiger partial charge in [0.2, 0.25) is 10.0 Å². The number of benzene rings is 1. The Bertz CT molecular complexity index is 604. The van der Waals surface area contributed by atoms with Crippen LogP contribution in [0.15, 0.2) is 46.0 Å². The first-order valence-corrected chi connectivity index (χ1v) is 8.25. The minimum absolute atomic E-state index is 0.238. The summed E-state index contributed by atoms with van der Waals surface area (Å²) >= 11 is 1.21. The highest BCUT2D eigenvalue weighted by Gasteiger charge is 2.13. The molecule has 1 aromatic carbocycles. The Labute approximate surface area is 116 Å². The number of hydrogen-bond acceptors (Lipinski definition) is 4. The summed E-state index contributed by atoms with van der Waals surface area (Å²) in [5.41, 5.74) is 1.08. The second-order valence-corrected chi connectivity index (χ2v) is 7.04. The minimum atomic E-state index is -3.35. The average Bonchev–Trinajstić information content (AvgIpc) is 2.91. The first-order chi connectivity index (χ1) is 9.08. The second kappa shape index (κ2) is 6.18. The lowest BCUT2D eigenvalue weighted by atomic mass is 10.1. The number of aryl methyl sites for hydroxylation is 1. The Kier molecular flexibility index (Phi) is 4.57. The molecule has 0 amide bonds. The zero-order valence-electron chi connectivity index (χ0n) is 10.2. The molecule has 0 aliphatic carbocycles. The van der Waals surface area contributed by atoms with Gasteiger partial charge < -0.3 is 5.11 Å². The fraction of sp³-hybridized carbons (Fsp3) is 0.231. The Morgan fingerprint density at radius 2 is 1.89 bits per heavy atom. The maximum absolute atomic E-state index is 11.8. The van der Waals surface area contributed by atoms with E-state index in [9.17, 15) is 8.42 Å². The third-order valence-electron chi connectivity index (χ3n) is 2.63. The van der Waals surface area contributed by atoms with Gasteiger partial charge in [0, 0.05) is 6.54 Å². The summed E-state index contributed by atoms with van der Waals surface area (Å²) in [5, 5.41) is 10.9. The lowest BCUT2D eigenvalue weighted by Gasteiger charge is -2.05. The maximum Gasteiger partial charge on any atom is 0.250 e. The van der Waals surface area contributed by atoms with E-state index in [1.165, 1.54) is 11.3 Å². The summed E-state index contributed by atoms with van der Waals surface area (Å²) in [6.07, 6.45) is 1.49. The molecule has 2 N–H and O–H groups in total. The largest absolute Gasteiger partial charge is 0.508 e. The molecule has 6 heteroatoms. The van der Waals surface area contributed by atoms with Crippen LogP contribution in [0, 0.1) is 0 Å². The van der Waals surface area contributed by atoms with Gasteiger partial charge in [-0.05, 0) is 42.0 Å². The van der Waals surface area contributed by atoms with Gasteiger partial charge in [-0.1, -0.05) is 18.2 Å². The number of sulfonamides is 1. The van der Waals surface area contributed by atoms with E-state index in [-0.39, 0.29) is 5.75 Å². The van der Waals surface area contributed by atoms with Crippen molar-refractivity contribution >= 4 is 21.4 Å². The van der Waals surface area contributed by atoms with Crippen LogP contribution >= 0.6 is 11.3 Å². The molecule has 1 heterocycles.